The van der Waals surface area contributed by atoms with Gasteiger partial charge < -0.3 is 14.4 Å². The molecule has 0 unspecified atom stereocenters. The average Bonchev–Trinajstić information content (AvgIpc) is 3.36. The molecular formula is C19H22N4O2. The molecule has 2 amide bonds. The molecule has 1 saturated heterocycles. The minimum absolute atomic E-state index is 0.00650. The van der Waals surface area contributed by atoms with Crippen LogP contribution in [0.25, 0.3) is 0 Å². The Morgan fingerprint density at radius 2 is 1.88 bits per heavy atom. The maximum atomic E-state index is 12.8. The van der Waals surface area contributed by atoms with Crippen molar-refractivity contribution in [2.75, 3.05) is 6.54 Å². The Kier molecular flexibility index (Phi) is 4.03. The van der Waals surface area contributed by atoms with E-state index in [1.54, 1.807) is 16.0 Å². The van der Waals surface area contributed by atoms with Gasteiger partial charge in [0.1, 0.15) is 18.4 Å². The first-order valence-electron chi connectivity index (χ1n) is 8.77. The van der Waals surface area contributed by atoms with E-state index in [1.165, 1.54) is 0 Å². The van der Waals surface area contributed by atoms with Gasteiger partial charge in [-0.25, -0.2) is 4.98 Å². The molecule has 4 rings (SSSR count). The molecule has 1 aliphatic heterocycles. The van der Waals surface area contributed by atoms with Crippen LogP contribution in [0, 0.1) is 0 Å². The van der Waals surface area contributed by atoms with Crippen LogP contribution >= 0.6 is 0 Å². The number of piperazine rings is 1. The van der Waals surface area contributed by atoms with Gasteiger partial charge in [-0.1, -0.05) is 30.3 Å². The van der Waals surface area contributed by atoms with Crippen molar-refractivity contribution in [1.29, 1.82) is 0 Å². The number of rotatable bonds is 5. The van der Waals surface area contributed by atoms with Crippen molar-refractivity contribution in [2.45, 2.75) is 44.9 Å². The monoisotopic (exact) mass is 338 g/mol. The van der Waals surface area contributed by atoms with Crippen LogP contribution in [0.2, 0.25) is 0 Å². The molecule has 6 nitrogen and oxygen atoms in total. The summed E-state index contributed by atoms with van der Waals surface area (Å²) in [6.45, 7) is 2.80. The number of nitrogens with zero attached hydrogens (tertiary/aromatic N) is 4. The lowest BCUT2D eigenvalue weighted by atomic mass is 10.1. The van der Waals surface area contributed by atoms with Crippen LogP contribution in [0.5, 0.6) is 0 Å². The summed E-state index contributed by atoms with van der Waals surface area (Å²) >= 11 is 0. The highest BCUT2D eigenvalue weighted by Crippen LogP contribution is 2.35. The van der Waals surface area contributed by atoms with E-state index in [0.29, 0.717) is 19.1 Å². The number of aromatic nitrogens is 2. The summed E-state index contributed by atoms with van der Waals surface area (Å²) in [5, 5.41) is 0. The van der Waals surface area contributed by atoms with Gasteiger partial charge in [0.05, 0.1) is 6.54 Å². The molecule has 0 spiro atoms. The van der Waals surface area contributed by atoms with Gasteiger partial charge in [0.25, 0.3) is 0 Å². The number of amides is 2. The highest BCUT2D eigenvalue weighted by atomic mass is 16.2. The number of hydrogen-bond donors (Lipinski definition) is 0. The fourth-order valence-electron chi connectivity index (χ4n) is 3.41. The summed E-state index contributed by atoms with van der Waals surface area (Å²) in [5.74, 6) is 0.841. The van der Waals surface area contributed by atoms with E-state index in [2.05, 4.69) is 9.55 Å². The smallest absolute Gasteiger partial charge is 0.245 e. The Morgan fingerprint density at radius 3 is 2.60 bits per heavy atom. The fourth-order valence-corrected chi connectivity index (χ4v) is 3.41. The molecule has 2 aliphatic rings. The zero-order chi connectivity index (χ0) is 17.4. The second-order valence-electron chi connectivity index (χ2n) is 6.86. The van der Waals surface area contributed by atoms with E-state index in [9.17, 15) is 9.59 Å². The molecule has 1 aromatic heterocycles. The fraction of sp³-hybridized carbons (Fsp3) is 0.421. The van der Waals surface area contributed by atoms with Crippen LogP contribution in [0.3, 0.4) is 0 Å². The lowest BCUT2D eigenvalue weighted by Crippen LogP contribution is -2.58. The third kappa shape index (κ3) is 3.16. The molecule has 25 heavy (non-hydrogen) atoms. The van der Waals surface area contributed by atoms with E-state index < -0.39 is 6.04 Å². The largest absolute Gasteiger partial charge is 0.330 e. The van der Waals surface area contributed by atoms with Gasteiger partial charge in [-0.05, 0) is 25.3 Å². The zero-order valence-electron chi connectivity index (χ0n) is 14.3. The van der Waals surface area contributed by atoms with Crippen molar-refractivity contribution in [3.05, 3.63) is 54.1 Å². The second kappa shape index (κ2) is 6.35. The van der Waals surface area contributed by atoms with E-state index in [0.717, 1.165) is 24.2 Å². The highest BCUT2D eigenvalue weighted by molar-refractivity contribution is 5.94. The first-order valence-corrected chi connectivity index (χ1v) is 8.77. The molecule has 2 heterocycles. The maximum Gasteiger partial charge on any atom is 0.245 e. The van der Waals surface area contributed by atoms with Gasteiger partial charge in [-0.2, -0.15) is 0 Å². The maximum absolute atomic E-state index is 12.8. The zero-order valence-corrected chi connectivity index (χ0v) is 14.3. The number of carbonyl (C=O) groups excluding carboxylic acids is 2. The Morgan fingerprint density at radius 1 is 1.12 bits per heavy atom. The normalized spacial score (nSPS) is 21.1. The van der Waals surface area contributed by atoms with Gasteiger partial charge in [0.15, 0.2) is 0 Å². The molecule has 0 bridgehead atoms. The first kappa shape index (κ1) is 15.9. The van der Waals surface area contributed by atoms with Crippen molar-refractivity contribution in [2.24, 2.45) is 0 Å². The van der Waals surface area contributed by atoms with Crippen LogP contribution in [0.15, 0.2) is 42.7 Å². The summed E-state index contributed by atoms with van der Waals surface area (Å²) in [7, 11) is 0. The molecule has 0 N–H and O–H groups in total. The molecule has 6 heteroatoms. The summed E-state index contributed by atoms with van der Waals surface area (Å²) in [6.07, 6.45) is 6.07. The van der Waals surface area contributed by atoms with Crippen LogP contribution < -0.4 is 0 Å². The van der Waals surface area contributed by atoms with Crippen molar-refractivity contribution < 1.29 is 9.59 Å². The lowest BCUT2D eigenvalue weighted by molar-refractivity contribution is -0.156. The third-order valence-corrected chi connectivity index (χ3v) is 5.00. The molecular weight excluding hydrogens is 316 g/mol. The van der Waals surface area contributed by atoms with Gasteiger partial charge in [0, 0.05) is 25.0 Å². The van der Waals surface area contributed by atoms with E-state index >= 15 is 0 Å². The lowest BCUT2D eigenvalue weighted by Gasteiger charge is -2.38. The highest BCUT2D eigenvalue weighted by Gasteiger charge is 2.37. The average molecular weight is 338 g/mol. The summed E-state index contributed by atoms with van der Waals surface area (Å²) in [6, 6.07) is 9.83. The predicted molar refractivity (Wildman–Crippen MR) is 92.4 cm³/mol. The van der Waals surface area contributed by atoms with Gasteiger partial charge in [-0.15, -0.1) is 0 Å². The molecule has 130 valence electrons. The molecule has 0 radical (unpaired) electrons. The summed E-state index contributed by atoms with van der Waals surface area (Å²) < 4.78 is 2.14. The number of benzene rings is 1. The number of carbonyl (C=O) groups is 2. The van der Waals surface area contributed by atoms with E-state index in [1.807, 2.05) is 43.5 Å². The molecule has 1 aliphatic carbocycles. The summed E-state index contributed by atoms with van der Waals surface area (Å²) in [5.41, 5.74) is 1.04. The molecule has 2 fully saturated rings. The molecule has 1 saturated carbocycles. The van der Waals surface area contributed by atoms with Crippen LogP contribution in [0.1, 0.15) is 37.2 Å². The van der Waals surface area contributed by atoms with E-state index in [4.69, 9.17) is 0 Å². The third-order valence-electron chi connectivity index (χ3n) is 5.00. The SMILES string of the molecule is C[C@H]1C(=O)N(Cc2ccccc2)CC(=O)N1Cc1nccn1C1CC1. The second-order valence-corrected chi connectivity index (χ2v) is 6.86. The van der Waals surface area contributed by atoms with Crippen molar-refractivity contribution in [3.63, 3.8) is 0 Å². The standard InChI is InChI=1S/C19H22N4O2/c1-14-19(25)21(11-15-5-3-2-4-6-15)13-18(24)23(14)12-17-20-9-10-22(17)16-7-8-16/h2-6,9-10,14,16H,7-8,11-13H2,1H3/t14-/m0/s1. The van der Waals surface area contributed by atoms with Crippen molar-refractivity contribution in [1.82, 2.24) is 19.4 Å². The summed E-state index contributed by atoms with van der Waals surface area (Å²) in [4.78, 5) is 33.1. The Labute approximate surface area is 147 Å². The molecule has 2 aromatic rings. The molecule has 1 atom stereocenters. The van der Waals surface area contributed by atoms with Crippen molar-refractivity contribution in [3.8, 4) is 0 Å². The van der Waals surface area contributed by atoms with Crippen LogP contribution in [-0.4, -0.2) is 43.8 Å². The Bertz CT molecular complexity index is 782. The van der Waals surface area contributed by atoms with Crippen LogP contribution in [0.4, 0.5) is 0 Å². The van der Waals surface area contributed by atoms with Gasteiger partial charge in [0.2, 0.25) is 11.8 Å². The minimum atomic E-state index is -0.464. The first-order chi connectivity index (χ1) is 12.1. The predicted octanol–water partition coefficient (Wildman–Crippen LogP) is 1.98. The topological polar surface area (TPSA) is 58.4 Å². The van der Waals surface area contributed by atoms with Gasteiger partial charge in [-0.3, -0.25) is 9.59 Å². The van der Waals surface area contributed by atoms with E-state index in [-0.39, 0.29) is 18.4 Å². The number of imidazole rings is 1. The quantitative estimate of drug-likeness (QED) is 0.837. The van der Waals surface area contributed by atoms with Gasteiger partial charge >= 0.3 is 0 Å². The minimum Gasteiger partial charge on any atom is -0.330 e. The Hall–Kier alpha value is -2.63. The molecule has 1 aromatic carbocycles. The van der Waals surface area contributed by atoms with Crippen LogP contribution in [-0.2, 0) is 22.7 Å². The Balaban J connectivity index is 1.47. The number of hydrogen-bond acceptors (Lipinski definition) is 3. The van der Waals surface area contributed by atoms with Crippen molar-refractivity contribution >= 4 is 11.8 Å².